The fourth-order valence-electron chi connectivity index (χ4n) is 3.68. The van der Waals surface area contributed by atoms with Crippen LogP contribution in [0.15, 0.2) is 24.3 Å². The average molecular weight is 373 g/mol. The summed E-state index contributed by atoms with van der Waals surface area (Å²) in [6.45, 7) is 8.98. The summed E-state index contributed by atoms with van der Waals surface area (Å²) < 4.78 is 4.29. The molecule has 1 aliphatic heterocycles. The van der Waals surface area contributed by atoms with Crippen molar-refractivity contribution in [3.8, 4) is 0 Å². The van der Waals surface area contributed by atoms with Crippen LogP contribution in [0.2, 0.25) is 0 Å². The molecule has 0 bridgehead atoms. The van der Waals surface area contributed by atoms with E-state index in [0.29, 0.717) is 24.1 Å². The predicted octanol–water partition coefficient (Wildman–Crippen LogP) is 3.31. The maximum absolute atomic E-state index is 12.7. The molecular formula is C20H28N4OS. The van der Waals surface area contributed by atoms with Gasteiger partial charge in [-0.2, -0.15) is 4.37 Å². The zero-order valence-corrected chi connectivity index (χ0v) is 16.8. The maximum atomic E-state index is 12.7. The van der Waals surface area contributed by atoms with E-state index in [2.05, 4.69) is 58.0 Å². The summed E-state index contributed by atoms with van der Waals surface area (Å²) in [5.41, 5.74) is 4.31. The lowest BCUT2D eigenvalue weighted by Crippen LogP contribution is -2.48. The van der Waals surface area contributed by atoms with Gasteiger partial charge in [0.2, 0.25) is 0 Å². The Balaban J connectivity index is 1.68. The number of benzene rings is 1. The van der Waals surface area contributed by atoms with E-state index in [1.165, 1.54) is 22.7 Å². The molecule has 140 valence electrons. The minimum Gasteiger partial charge on any atom is -0.378 e. The molecule has 1 aromatic carbocycles. The highest BCUT2D eigenvalue weighted by molar-refractivity contribution is 7.10. The van der Waals surface area contributed by atoms with Crippen molar-refractivity contribution in [2.45, 2.75) is 39.8 Å². The number of rotatable bonds is 6. The summed E-state index contributed by atoms with van der Waals surface area (Å²) in [7, 11) is 1.83. The molecule has 6 heteroatoms. The minimum atomic E-state index is -0.0383. The molecule has 2 aromatic rings. The molecule has 0 aliphatic carbocycles. The first kappa shape index (κ1) is 18.9. The SMILES string of the molecule is CNc1snc(C)c1C(=O)NCC(C(C)C)N1CCc2ccccc2C1. The topological polar surface area (TPSA) is 57.3 Å². The van der Waals surface area contributed by atoms with E-state index < -0.39 is 0 Å². The van der Waals surface area contributed by atoms with Crippen LogP contribution in [0.1, 0.15) is 41.0 Å². The number of hydrogen-bond donors (Lipinski definition) is 2. The molecule has 2 N–H and O–H groups in total. The Labute approximate surface area is 160 Å². The second-order valence-corrected chi connectivity index (χ2v) is 8.01. The summed E-state index contributed by atoms with van der Waals surface area (Å²) in [5, 5.41) is 7.04. The van der Waals surface area contributed by atoms with E-state index >= 15 is 0 Å². The zero-order valence-electron chi connectivity index (χ0n) is 16.0. The zero-order chi connectivity index (χ0) is 18.7. The number of hydrogen-bond acceptors (Lipinski definition) is 5. The number of nitrogens with zero attached hydrogens (tertiary/aromatic N) is 2. The van der Waals surface area contributed by atoms with Gasteiger partial charge in [0.15, 0.2) is 0 Å². The van der Waals surface area contributed by atoms with E-state index in [-0.39, 0.29) is 5.91 Å². The van der Waals surface area contributed by atoms with E-state index in [4.69, 9.17) is 0 Å². The van der Waals surface area contributed by atoms with Crippen molar-refractivity contribution in [1.82, 2.24) is 14.6 Å². The third-order valence-electron chi connectivity index (χ3n) is 5.19. The summed E-state index contributed by atoms with van der Waals surface area (Å²) in [4.78, 5) is 15.2. The maximum Gasteiger partial charge on any atom is 0.256 e. The number of amides is 1. The molecule has 1 aromatic heterocycles. The fraction of sp³-hybridized carbons (Fsp3) is 0.500. The van der Waals surface area contributed by atoms with E-state index in [1.54, 1.807) is 0 Å². The monoisotopic (exact) mass is 372 g/mol. The Morgan fingerprint density at radius 3 is 2.73 bits per heavy atom. The Bertz CT molecular complexity index is 771. The Hall–Kier alpha value is -1.92. The van der Waals surface area contributed by atoms with Crippen molar-refractivity contribution in [1.29, 1.82) is 0 Å². The molecule has 1 amide bonds. The second-order valence-electron chi connectivity index (χ2n) is 7.23. The first-order chi connectivity index (χ1) is 12.5. The van der Waals surface area contributed by atoms with Crippen LogP contribution >= 0.6 is 11.5 Å². The average Bonchev–Trinajstić information content (AvgIpc) is 3.02. The molecule has 2 heterocycles. The van der Waals surface area contributed by atoms with Gasteiger partial charge in [0.25, 0.3) is 5.91 Å². The third kappa shape index (κ3) is 3.91. The second kappa shape index (κ2) is 8.18. The van der Waals surface area contributed by atoms with Crippen molar-refractivity contribution in [3.63, 3.8) is 0 Å². The molecule has 0 radical (unpaired) electrons. The van der Waals surface area contributed by atoms with Crippen molar-refractivity contribution >= 4 is 22.4 Å². The number of carbonyl (C=O) groups excluding carboxylic acids is 1. The molecular weight excluding hydrogens is 344 g/mol. The van der Waals surface area contributed by atoms with Gasteiger partial charge < -0.3 is 10.6 Å². The van der Waals surface area contributed by atoms with Crippen LogP contribution in [0.4, 0.5) is 5.00 Å². The Morgan fingerprint density at radius 2 is 2.04 bits per heavy atom. The summed E-state index contributed by atoms with van der Waals surface area (Å²) in [5.74, 6) is 0.426. The van der Waals surface area contributed by atoms with Crippen LogP contribution in [-0.2, 0) is 13.0 Å². The summed E-state index contributed by atoms with van der Waals surface area (Å²) in [6, 6.07) is 8.99. The molecule has 0 saturated carbocycles. The standard InChI is InChI=1S/C20H28N4OS/c1-13(2)17(24-10-9-15-7-5-6-8-16(15)12-24)11-22-19(25)18-14(3)23-26-20(18)21-4/h5-8,13,17,21H,9-12H2,1-4H3,(H,22,25). The summed E-state index contributed by atoms with van der Waals surface area (Å²) in [6.07, 6.45) is 1.07. The number of anilines is 1. The molecule has 26 heavy (non-hydrogen) atoms. The number of aryl methyl sites for hydroxylation is 1. The van der Waals surface area contributed by atoms with Gasteiger partial charge in [0.1, 0.15) is 5.00 Å². The molecule has 1 atom stereocenters. The van der Waals surface area contributed by atoms with Gasteiger partial charge in [-0.25, -0.2) is 0 Å². The van der Waals surface area contributed by atoms with Crippen LogP contribution in [-0.4, -0.2) is 41.4 Å². The molecule has 0 fully saturated rings. The van der Waals surface area contributed by atoms with Crippen molar-refractivity contribution in [2.75, 3.05) is 25.5 Å². The largest absolute Gasteiger partial charge is 0.378 e. The van der Waals surface area contributed by atoms with Crippen molar-refractivity contribution in [3.05, 3.63) is 46.6 Å². The van der Waals surface area contributed by atoms with E-state index in [9.17, 15) is 4.79 Å². The van der Waals surface area contributed by atoms with Crippen LogP contribution in [0.25, 0.3) is 0 Å². The fourth-order valence-corrected chi connectivity index (χ4v) is 4.42. The molecule has 3 rings (SSSR count). The van der Waals surface area contributed by atoms with Crippen LogP contribution in [0.3, 0.4) is 0 Å². The van der Waals surface area contributed by atoms with E-state index in [1.807, 2.05) is 14.0 Å². The highest BCUT2D eigenvalue weighted by Gasteiger charge is 2.27. The molecule has 5 nitrogen and oxygen atoms in total. The van der Waals surface area contributed by atoms with Gasteiger partial charge in [-0.3, -0.25) is 9.69 Å². The minimum absolute atomic E-state index is 0.0383. The number of fused-ring (bicyclic) bond motifs is 1. The number of carbonyl (C=O) groups is 1. The van der Waals surface area contributed by atoms with Gasteiger partial charge in [-0.15, -0.1) is 0 Å². The van der Waals surface area contributed by atoms with Gasteiger partial charge in [0, 0.05) is 32.7 Å². The molecule has 0 spiro atoms. The quantitative estimate of drug-likeness (QED) is 0.817. The van der Waals surface area contributed by atoms with E-state index in [0.717, 1.165) is 30.2 Å². The van der Waals surface area contributed by atoms with Gasteiger partial charge in [-0.1, -0.05) is 38.1 Å². The van der Waals surface area contributed by atoms with Gasteiger partial charge in [-0.05, 0) is 41.9 Å². The van der Waals surface area contributed by atoms with Crippen LogP contribution < -0.4 is 10.6 Å². The predicted molar refractivity (Wildman–Crippen MR) is 108 cm³/mol. The lowest BCUT2D eigenvalue weighted by atomic mass is 9.95. The highest BCUT2D eigenvalue weighted by atomic mass is 32.1. The van der Waals surface area contributed by atoms with Gasteiger partial charge >= 0.3 is 0 Å². The Kier molecular flexibility index (Phi) is 5.94. The number of nitrogens with one attached hydrogen (secondary N) is 2. The smallest absolute Gasteiger partial charge is 0.256 e. The summed E-state index contributed by atoms with van der Waals surface area (Å²) >= 11 is 1.33. The van der Waals surface area contributed by atoms with Crippen molar-refractivity contribution in [2.24, 2.45) is 5.92 Å². The molecule has 1 aliphatic rings. The van der Waals surface area contributed by atoms with Crippen molar-refractivity contribution < 1.29 is 4.79 Å². The third-order valence-corrected chi connectivity index (χ3v) is 6.14. The first-order valence-corrected chi connectivity index (χ1v) is 10.0. The lowest BCUT2D eigenvalue weighted by molar-refractivity contribution is 0.0904. The molecule has 0 saturated heterocycles. The normalized spacial score (nSPS) is 15.6. The number of aromatic nitrogens is 1. The molecule has 1 unspecified atom stereocenters. The van der Waals surface area contributed by atoms with Crippen LogP contribution in [0, 0.1) is 12.8 Å². The highest BCUT2D eigenvalue weighted by Crippen LogP contribution is 2.25. The Morgan fingerprint density at radius 1 is 1.31 bits per heavy atom. The van der Waals surface area contributed by atoms with Gasteiger partial charge in [0.05, 0.1) is 11.3 Å². The first-order valence-electron chi connectivity index (χ1n) is 9.24. The van der Waals surface area contributed by atoms with Crippen LogP contribution in [0.5, 0.6) is 0 Å². The lowest BCUT2D eigenvalue weighted by Gasteiger charge is -2.38.